The highest BCUT2D eigenvalue weighted by Gasteiger charge is 2.23. The van der Waals surface area contributed by atoms with E-state index in [0.717, 1.165) is 11.1 Å². The summed E-state index contributed by atoms with van der Waals surface area (Å²) in [5.41, 5.74) is 1.33. The Kier molecular flexibility index (Phi) is 4.35. The molecule has 1 N–H and O–H groups in total. The number of benzene rings is 1. The second-order valence-corrected chi connectivity index (χ2v) is 7.11. The Balaban J connectivity index is 3.27. The lowest BCUT2D eigenvalue weighted by Crippen LogP contribution is -2.40. The first-order chi connectivity index (χ1) is 8.15. The Hall–Kier alpha value is -1.13. The molecule has 0 fully saturated rings. The molecule has 0 aliphatic heterocycles. The fourth-order valence-electron chi connectivity index (χ4n) is 1.74. The average molecular weight is 267 g/mol. The molecule has 0 radical (unpaired) electrons. The van der Waals surface area contributed by atoms with Gasteiger partial charge in [-0.15, -0.1) is 6.58 Å². The topological polar surface area (TPSA) is 46.2 Å². The van der Waals surface area contributed by atoms with Gasteiger partial charge in [0, 0.05) is 5.54 Å². The summed E-state index contributed by atoms with van der Waals surface area (Å²) in [5.74, 6) is 0. The van der Waals surface area contributed by atoms with Crippen LogP contribution in [0.1, 0.15) is 31.9 Å². The van der Waals surface area contributed by atoms with E-state index in [-0.39, 0.29) is 0 Å². The molecule has 0 atom stereocenters. The lowest BCUT2D eigenvalue weighted by Gasteiger charge is -2.21. The van der Waals surface area contributed by atoms with E-state index in [2.05, 4.69) is 11.3 Å². The van der Waals surface area contributed by atoms with Crippen molar-refractivity contribution in [1.29, 1.82) is 0 Å². The molecule has 0 unspecified atom stereocenters. The van der Waals surface area contributed by atoms with Crippen LogP contribution in [0.4, 0.5) is 0 Å². The molecule has 0 saturated carbocycles. The summed E-state index contributed by atoms with van der Waals surface area (Å²) in [6, 6.07) is 5.35. The van der Waals surface area contributed by atoms with Crippen LogP contribution in [0.15, 0.2) is 35.7 Å². The Morgan fingerprint density at radius 3 is 2.44 bits per heavy atom. The normalized spacial score (nSPS) is 12.4. The third-order valence-corrected chi connectivity index (χ3v) is 4.17. The average Bonchev–Trinajstić information content (AvgIpc) is 2.13. The lowest BCUT2D eigenvalue weighted by atomic mass is 10.1. The SMILES string of the molecule is C=CCc1cc(C)ccc1S(=O)(=O)NC(C)(C)C. The third-order valence-electron chi connectivity index (χ3n) is 2.31. The van der Waals surface area contributed by atoms with Crippen molar-refractivity contribution in [2.24, 2.45) is 0 Å². The van der Waals surface area contributed by atoms with Crippen molar-refractivity contribution in [3.05, 3.63) is 42.0 Å². The number of aryl methyl sites for hydroxylation is 1. The molecule has 0 saturated heterocycles. The van der Waals surface area contributed by atoms with Gasteiger partial charge in [-0.25, -0.2) is 13.1 Å². The number of rotatable bonds is 4. The highest BCUT2D eigenvalue weighted by atomic mass is 32.2. The lowest BCUT2D eigenvalue weighted by molar-refractivity contribution is 0.491. The Bertz CT molecular complexity index is 539. The van der Waals surface area contributed by atoms with E-state index in [9.17, 15) is 8.42 Å². The van der Waals surface area contributed by atoms with Crippen molar-refractivity contribution in [2.45, 2.75) is 44.6 Å². The summed E-state index contributed by atoms with van der Waals surface area (Å²) < 4.78 is 27.3. The molecule has 0 aromatic heterocycles. The zero-order valence-corrected chi connectivity index (χ0v) is 12.3. The van der Waals surface area contributed by atoms with E-state index in [0.29, 0.717) is 11.3 Å². The van der Waals surface area contributed by atoms with E-state index in [1.807, 2.05) is 39.8 Å². The molecule has 0 aliphatic rings. The van der Waals surface area contributed by atoms with Crippen molar-refractivity contribution in [3.8, 4) is 0 Å². The van der Waals surface area contributed by atoms with Gasteiger partial charge in [-0.05, 0) is 45.7 Å². The van der Waals surface area contributed by atoms with Crippen molar-refractivity contribution in [1.82, 2.24) is 4.72 Å². The van der Waals surface area contributed by atoms with Crippen molar-refractivity contribution in [3.63, 3.8) is 0 Å². The Labute approximate surface area is 110 Å². The zero-order chi connectivity index (χ0) is 14.0. The predicted molar refractivity (Wildman–Crippen MR) is 75.2 cm³/mol. The first kappa shape index (κ1) is 14.9. The fraction of sp³-hybridized carbons (Fsp3) is 0.429. The standard InChI is InChI=1S/C14H21NO2S/c1-6-7-12-10-11(2)8-9-13(12)18(16,17)15-14(3,4)5/h6,8-10,15H,1,7H2,2-5H3. The van der Waals surface area contributed by atoms with Gasteiger partial charge in [0.05, 0.1) is 4.90 Å². The van der Waals surface area contributed by atoms with Gasteiger partial charge in [0.2, 0.25) is 10.0 Å². The van der Waals surface area contributed by atoms with Gasteiger partial charge in [-0.2, -0.15) is 0 Å². The molecule has 0 spiro atoms. The molecule has 0 heterocycles. The molecular formula is C14H21NO2S. The molecule has 1 rings (SSSR count). The number of sulfonamides is 1. The molecule has 0 bridgehead atoms. The number of hydrogen-bond acceptors (Lipinski definition) is 2. The Morgan fingerprint density at radius 1 is 1.33 bits per heavy atom. The van der Waals surface area contributed by atoms with Crippen molar-refractivity contribution in [2.75, 3.05) is 0 Å². The van der Waals surface area contributed by atoms with Crippen LogP contribution in [0.25, 0.3) is 0 Å². The number of hydrogen-bond donors (Lipinski definition) is 1. The van der Waals surface area contributed by atoms with Crippen molar-refractivity contribution >= 4 is 10.0 Å². The second-order valence-electron chi connectivity index (χ2n) is 5.46. The maximum absolute atomic E-state index is 12.3. The second kappa shape index (κ2) is 5.24. The summed E-state index contributed by atoms with van der Waals surface area (Å²) >= 11 is 0. The molecule has 1 aromatic carbocycles. The van der Waals surface area contributed by atoms with Crippen LogP contribution < -0.4 is 4.72 Å². The quantitative estimate of drug-likeness (QED) is 0.853. The molecular weight excluding hydrogens is 246 g/mol. The minimum atomic E-state index is -3.49. The zero-order valence-electron chi connectivity index (χ0n) is 11.4. The van der Waals surface area contributed by atoms with Crippen molar-refractivity contribution < 1.29 is 8.42 Å². The van der Waals surface area contributed by atoms with Crippen LogP contribution in [0.2, 0.25) is 0 Å². The fourth-order valence-corrected chi connectivity index (χ4v) is 3.39. The van der Waals surface area contributed by atoms with Gasteiger partial charge in [-0.3, -0.25) is 0 Å². The smallest absolute Gasteiger partial charge is 0.207 e. The van der Waals surface area contributed by atoms with E-state index >= 15 is 0 Å². The summed E-state index contributed by atoms with van der Waals surface area (Å²) in [7, 11) is -3.49. The van der Waals surface area contributed by atoms with E-state index < -0.39 is 15.6 Å². The largest absolute Gasteiger partial charge is 0.241 e. The molecule has 3 nitrogen and oxygen atoms in total. The summed E-state index contributed by atoms with van der Waals surface area (Å²) in [6.45, 7) is 11.1. The molecule has 0 aliphatic carbocycles. The monoisotopic (exact) mass is 267 g/mol. The minimum Gasteiger partial charge on any atom is -0.207 e. The first-order valence-corrected chi connectivity index (χ1v) is 7.38. The maximum atomic E-state index is 12.3. The molecule has 1 aromatic rings. The molecule has 100 valence electrons. The summed E-state index contributed by atoms with van der Waals surface area (Å²) in [4.78, 5) is 0.336. The van der Waals surface area contributed by atoms with Crippen LogP contribution in [-0.4, -0.2) is 14.0 Å². The van der Waals surface area contributed by atoms with Gasteiger partial charge in [0.15, 0.2) is 0 Å². The van der Waals surface area contributed by atoms with Gasteiger partial charge < -0.3 is 0 Å². The highest BCUT2D eigenvalue weighted by molar-refractivity contribution is 7.89. The first-order valence-electron chi connectivity index (χ1n) is 5.90. The van der Waals surface area contributed by atoms with Crippen LogP contribution >= 0.6 is 0 Å². The molecule has 18 heavy (non-hydrogen) atoms. The van der Waals surface area contributed by atoms with Gasteiger partial charge in [-0.1, -0.05) is 23.8 Å². The van der Waals surface area contributed by atoms with Gasteiger partial charge in [0.1, 0.15) is 0 Å². The van der Waals surface area contributed by atoms with Crippen LogP contribution in [0.5, 0.6) is 0 Å². The summed E-state index contributed by atoms with van der Waals surface area (Å²) in [5, 5.41) is 0. The maximum Gasteiger partial charge on any atom is 0.241 e. The van der Waals surface area contributed by atoms with E-state index in [4.69, 9.17) is 0 Å². The number of allylic oxidation sites excluding steroid dienone is 1. The van der Waals surface area contributed by atoms with Crippen LogP contribution in [-0.2, 0) is 16.4 Å². The summed E-state index contributed by atoms with van der Waals surface area (Å²) in [6.07, 6.45) is 2.26. The molecule has 0 amide bonds. The minimum absolute atomic E-state index is 0.336. The molecule has 4 heteroatoms. The predicted octanol–water partition coefficient (Wildman–Crippen LogP) is 2.80. The van der Waals surface area contributed by atoms with E-state index in [1.54, 1.807) is 12.1 Å². The van der Waals surface area contributed by atoms with Gasteiger partial charge >= 0.3 is 0 Å². The third kappa shape index (κ3) is 3.96. The van der Waals surface area contributed by atoms with E-state index in [1.165, 1.54) is 0 Å². The van der Waals surface area contributed by atoms with Crippen LogP contribution in [0, 0.1) is 6.92 Å². The van der Waals surface area contributed by atoms with Gasteiger partial charge in [0.25, 0.3) is 0 Å². The Morgan fingerprint density at radius 2 is 1.94 bits per heavy atom. The highest BCUT2D eigenvalue weighted by Crippen LogP contribution is 2.20. The van der Waals surface area contributed by atoms with Crippen LogP contribution in [0.3, 0.4) is 0 Å². The number of nitrogens with one attached hydrogen (secondary N) is 1.